The Balaban J connectivity index is 1.87. The van der Waals surface area contributed by atoms with E-state index in [1.165, 1.54) is 27.7 Å². The van der Waals surface area contributed by atoms with E-state index in [2.05, 4.69) is 15.5 Å². The van der Waals surface area contributed by atoms with Gasteiger partial charge in [0.1, 0.15) is 11.5 Å². The Kier molecular flexibility index (Phi) is 6.32. The van der Waals surface area contributed by atoms with Crippen LogP contribution in [0, 0.1) is 0 Å². The molecule has 1 aromatic carbocycles. The number of ether oxygens (including phenoxy) is 1. The summed E-state index contributed by atoms with van der Waals surface area (Å²) in [7, 11) is 0. The summed E-state index contributed by atoms with van der Waals surface area (Å²) < 4.78 is 6.64. The molecule has 0 unspecified atom stereocenters. The second-order valence-electron chi connectivity index (χ2n) is 5.62. The summed E-state index contributed by atoms with van der Waals surface area (Å²) >= 11 is 2.65. The van der Waals surface area contributed by atoms with Crippen LogP contribution in [0.2, 0.25) is 0 Å². The largest absolute Gasteiger partial charge is 0.462 e. The number of hydrogen-bond donors (Lipinski definition) is 2. The van der Waals surface area contributed by atoms with E-state index in [0.29, 0.717) is 15.7 Å². The Labute approximate surface area is 170 Å². The van der Waals surface area contributed by atoms with Crippen LogP contribution < -0.4 is 11.1 Å². The molecule has 0 radical (unpaired) electrons. The van der Waals surface area contributed by atoms with E-state index < -0.39 is 5.97 Å². The molecule has 28 heavy (non-hydrogen) atoms. The van der Waals surface area contributed by atoms with Gasteiger partial charge in [0.05, 0.1) is 12.2 Å². The SMILES string of the molecule is CCOC(=O)c1cc(-c2ccccc2)sc1NC(=O)Cn1c(N)nnc1SC. The smallest absolute Gasteiger partial charge is 0.341 e. The number of carbonyl (C=O) groups is 2. The molecule has 1 amide bonds. The molecule has 0 saturated carbocycles. The van der Waals surface area contributed by atoms with Gasteiger partial charge in [0.15, 0.2) is 5.16 Å². The fourth-order valence-corrected chi connectivity index (χ4v) is 4.07. The lowest BCUT2D eigenvalue weighted by Gasteiger charge is -2.08. The van der Waals surface area contributed by atoms with Crippen molar-refractivity contribution in [1.82, 2.24) is 14.8 Å². The number of esters is 1. The summed E-state index contributed by atoms with van der Waals surface area (Å²) in [6.07, 6.45) is 1.82. The second-order valence-corrected chi connectivity index (χ2v) is 7.44. The van der Waals surface area contributed by atoms with E-state index in [0.717, 1.165) is 10.4 Å². The first kappa shape index (κ1) is 19.9. The van der Waals surface area contributed by atoms with Gasteiger partial charge in [-0.1, -0.05) is 42.1 Å². The highest BCUT2D eigenvalue weighted by Crippen LogP contribution is 2.36. The summed E-state index contributed by atoms with van der Waals surface area (Å²) in [4.78, 5) is 25.8. The first-order valence-electron chi connectivity index (χ1n) is 8.42. The van der Waals surface area contributed by atoms with E-state index in [-0.39, 0.29) is 25.0 Å². The van der Waals surface area contributed by atoms with Crippen molar-refractivity contribution < 1.29 is 14.3 Å². The summed E-state index contributed by atoms with van der Waals surface area (Å²) in [6, 6.07) is 11.4. The van der Waals surface area contributed by atoms with Crippen LogP contribution in [-0.4, -0.2) is 39.5 Å². The minimum absolute atomic E-state index is 0.0597. The molecule has 0 saturated heterocycles. The van der Waals surface area contributed by atoms with E-state index in [1.54, 1.807) is 13.0 Å². The molecule has 146 valence electrons. The van der Waals surface area contributed by atoms with Gasteiger partial charge >= 0.3 is 5.97 Å². The Bertz CT molecular complexity index is 985. The van der Waals surface area contributed by atoms with Crippen molar-refractivity contribution in [3.63, 3.8) is 0 Å². The van der Waals surface area contributed by atoms with Crippen molar-refractivity contribution in [2.45, 2.75) is 18.6 Å². The van der Waals surface area contributed by atoms with Crippen LogP contribution >= 0.6 is 23.1 Å². The third-order valence-electron chi connectivity index (χ3n) is 3.77. The fraction of sp³-hybridized carbons (Fsp3) is 0.222. The molecule has 0 atom stereocenters. The van der Waals surface area contributed by atoms with Crippen molar-refractivity contribution in [2.75, 3.05) is 23.9 Å². The lowest BCUT2D eigenvalue weighted by Crippen LogP contribution is -2.21. The molecule has 0 aliphatic heterocycles. The van der Waals surface area contributed by atoms with E-state index in [9.17, 15) is 9.59 Å². The number of nitrogens with two attached hydrogens (primary N) is 1. The van der Waals surface area contributed by atoms with Gasteiger partial charge in [-0.25, -0.2) is 4.79 Å². The van der Waals surface area contributed by atoms with E-state index in [4.69, 9.17) is 10.5 Å². The quantitative estimate of drug-likeness (QED) is 0.449. The van der Waals surface area contributed by atoms with Crippen LogP contribution in [0.3, 0.4) is 0 Å². The molecule has 0 fully saturated rings. The highest BCUT2D eigenvalue weighted by Gasteiger charge is 2.21. The predicted molar refractivity (Wildman–Crippen MR) is 111 cm³/mol. The normalized spacial score (nSPS) is 10.6. The van der Waals surface area contributed by atoms with Crippen molar-refractivity contribution in [3.05, 3.63) is 42.0 Å². The van der Waals surface area contributed by atoms with Gasteiger partial charge in [0.2, 0.25) is 11.9 Å². The highest BCUT2D eigenvalue weighted by atomic mass is 32.2. The topological polar surface area (TPSA) is 112 Å². The highest BCUT2D eigenvalue weighted by molar-refractivity contribution is 7.98. The molecule has 0 aliphatic rings. The van der Waals surface area contributed by atoms with Crippen LogP contribution in [0.5, 0.6) is 0 Å². The second kappa shape index (κ2) is 8.89. The predicted octanol–water partition coefficient (Wildman–Crippen LogP) is 3.13. The Morgan fingerprint density at radius 3 is 2.71 bits per heavy atom. The Hall–Kier alpha value is -2.85. The first-order chi connectivity index (χ1) is 13.5. The number of nitrogens with zero attached hydrogens (tertiary/aromatic N) is 3. The van der Waals surface area contributed by atoms with Gasteiger partial charge in [0.25, 0.3) is 0 Å². The lowest BCUT2D eigenvalue weighted by atomic mass is 10.1. The van der Waals surface area contributed by atoms with Crippen LogP contribution in [-0.2, 0) is 16.1 Å². The van der Waals surface area contributed by atoms with Gasteiger partial charge in [-0.3, -0.25) is 9.36 Å². The molecular formula is C18H19N5O3S2. The Morgan fingerprint density at radius 1 is 1.29 bits per heavy atom. The van der Waals surface area contributed by atoms with E-state index >= 15 is 0 Å². The molecule has 10 heteroatoms. The number of aromatic nitrogens is 3. The number of rotatable bonds is 7. The first-order valence-corrected chi connectivity index (χ1v) is 10.5. The minimum atomic E-state index is -0.482. The zero-order valence-corrected chi connectivity index (χ0v) is 17.0. The third kappa shape index (κ3) is 4.34. The van der Waals surface area contributed by atoms with E-state index in [1.807, 2.05) is 36.6 Å². The number of amides is 1. The lowest BCUT2D eigenvalue weighted by molar-refractivity contribution is -0.116. The molecule has 0 bridgehead atoms. The number of nitrogens with one attached hydrogen (secondary N) is 1. The van der Waals surface area contributed by atoms with Crippen LogP contribution in [0.25, 0.3) is 10.4 Å². The minimum Gasteiger partial charge on any atom is -0.462 e. The van der Waals surface area contributed by atoms with Crippen molar-refractivity contribution in [1.29, 1.82) is 0 Å². The molecule has 0 spiro atoms. The summed E-state index contributed by atoms with van der Waals surface area (Å²) in [5, 5.41) is 11.4. The summed E-state index contributed by atoms with van der Waals surface area (Å²) in [6.45, 7) is 1.92. The number of thiophene rings is 1. The number of carbonyl (C=O) groups excluding carboxylic acids is 2. The van der Waals surface area contributed by atoms with Crippen molar-refractivity contribution in [2.24, 2.45) is 0 Å². The maximum Gasteiger partial charge on any atom is 0.341 e. The van der Waals surface area contributed by atoms with Crippen molar-refractivity contribution in [3.8, 4) is 10.4 Å². The van der Waals surface area contributed by atoms with Crippen LogP contribution in [0.15, 0.2) is 41.6 Å². The molecule has 0 aliphatic carbocycles. The van der Waals surface area contributed by atoms with Crippen LogP contribution in [0.1, 0.15) is 17.3 Å². The van der Waals surface area contributed by atoms with Gasteiger partial charge in [-0.15, -0.1) is 21.5 Å². The van der Waals surface area contributed by atoms with Gasteiger partial charge < -0.3 is 15.8 Å². The molecule has 2 heterocycles. The number of nitrogen functional groups attached to an aromatic ring is 1. The molecule has 2 aromatic heterocycles. The standard InChI is InChI=1S/C18H19N5O3S2/c1-3-26-16(25)12-9-13(11-7-5-4-6-8-11)28-15(12)20-14(24)10-23-17(19)21-22-18(23)27-2/h4-9H,3,10H2,1-2H3,(H2,19,21)(H,20,24). The third-order valence-corrected chi connectivity index (χ3v) is 5.54. The monoisotopic (exact) mass is 417 g/mol. The summed E-state index contributed by atoms with van der Waals surface area (Å²) in [5.41, 5.74) is 7.05. The maximum absolute atomic E-state index is 12.6. The average molecular weight is 418 g/mol. The van der Waals surface area contributed by atoms with Gasteiger partial charge in [-0.2, -0.15) is 0 Å². The number of thioether (sulfide) groups is 1. The molecule has 8 nitrogen and oxygen atoms in total. The summed E-state index contributed by atoms with van der Waals surface area (Å²) in [5.74, 6) is -0.667. The van der Waals surface area contributed by atoms with Crippen LogP contribution in [0.4, 0.5) is 10.9 Å². The molecular weight excluding hydrogens is 398 g/mol. The maximum atomic E-state index is 12.6. The van der Waals surface area contributed by atoms with Crippen molar-refractivity contribution >= 4 is 45.9 Å². The molecule has 3 rings (SSSR count). The number of anilines is 2. The zero-order valence-electron chi connectivity index (χ0n) is 15.3. The van der Waals surface area contributed by atoms with Gasteiger partial charge in [-0.05, 0) is 24.8 Å². The average Bonchev–Trinajstić information content (AvgIpc) is 3.27. The van der Waals surface area contributed by atoms with Gasteiger partial charge in [0, 0.05) is 4.88 Å². The molecule has 3 N–H and O–H groups in total. The number of hydrogen-bond acceptors (Lipinski definition) is 8. The Morgan fingerprint density at radius 2 is 2.04 bits per heavy atom. The number of benzene rings is 1. The fourth-order valence-electron chi connectivity index (χ4n) is 2.50. The molecule has 3 aromatic rings. The zero-order chi connectivity index (χ0) is 20.1.